The number of fused-ring (bicyclic) bond motifs is 10. The van der Waals surface area contributed by atoms with E-state index in [0.29, 0.717) is 0 Å². The molecule has 0 aromatic rings. The molecular formula is C16H20O. The molecule has 5 bridgehead atoms. The zero-order chi connectivity index (χ0) is 10.5. The number of ether oxygens (including phenoxy) is 1. The monoisotopic (exact) mass is 228 g/mol. The Morgan fingerprint density at radius 2 is 1.65 bits per heavy atom. The Morgan fingerprint density at radius 1 is 0.765 bits per heavy atom. The van der Waals surface area contributed by atoms with Crippen LogP contribution in [-0.4, -0.2) is 12.2 Å². The fourth-order valence-corrected chi connectivity index (χ4v) is 8.66. The molecule has 1 heterocycles. The molecule has 0 amide bonds. The van der Waals surface area contributed by atoms with Crippen molar-refractivity contribution in [3.8, 4) is 0 Å². The summed E-state index contributed by atoms with van der Waals surface area (Å²) in [5, 5.41) is 0. The molecule has 8 aliphatic rings. The molecule has 0 aromatic carbocycles. The minimum atomic E-state index is 0.755. The number of epoxide rings is 1. The van der Waals surface area contributed by atoms with E-state index in [9.17, 15) is 0 Å². The van der Waals surface area contributed by atoms with E-state index >= 15 is 0 Å². The molecule has 1 saturated heterocycles. The van der Waals surface area contributed by atoms with E-state index in [-0.39, 0.29) is 0 Å². The average molecular weight is 228 g/mol. The fourth-order valence-electron chi connectivity index (χ4n) is 8.66. The van der Waals surface area contributed by atoms with Crippen LogP contribution >= 0.6 is 0 Å². The van der Waals surface area contributed by atoms with Crippen molar-refractivity contribution in [3.05, 3.63) is 0 Å². The van der Waals surface area contributed by atoms with Gasteiger partial charge in [0.2, 0.25) is 0 Å². The first kappa shape index (κ1) is 8.19. The van der Waals surface area contributed by atoms with Crippen molar-refractivity contribution in [1.82, 2.24) is 0 Å². The molecule has 8 rings (SSSR count). The normalized spacial score (nSPS) is 83.3. The van der Waals surface area contributed by atoms with Crippen LogP contribution in [0.15, 0.2) is 0 Å². The van der Waals surface area contributed by atoms with Crippen LogP contribution < -0.4 is 0 Å². The van der Waals surface area contributed by atoms with Gasteiger partial charge in [0.05, 0.1) is 12.2 Å². The summed E-state index contributed by atoms with van der Waals surface area (Å²) < 4.78 is 5.94. The van der Waals surface area contributed by atoms with Crippen molar-refractivity contribution in [2.24, 2.45) is 52.8 Å². The summed E-state index contributed by atoms with van der Waals surface area (Å²) in [6.45, 7) is 0. The predicted molar refractivity (Wildman–Crippen MR) is 62.1 cm³/mol. The lowest BCUT2D eigenvalue weighted by atomic mass is 9.54. The van der Waals surface area contributed by atoms with Crippen molar-refractivity contribution in [2.75, 3.05) is 0 Å². The van der Waals surface area contributed by atoms with E-state index in [2.05, 4.69) is 0 Å². The zero-order valence-corrected chi connectivity index (χ0v) is 10.2. The predicted octanol–water partition coefficient (Wildman–Crippen LogP) is 2.70. The van der Waals surface area contributed by atoms with E-state index in [0.717, 1.165) is 41.3 Å². The van der Waals surface area contributed by atoms with Crippen molar-refractivity contribution >= 4 is 0 Å². The molecule has 90 valence electrons. The Balaban J connectivity index is 1.40. The van der Waals surface area contributed by atoms with E-state index in [4.69, 9.17) is 4.74 Å². The first-order valence-corrected chi connectivity index (χ1v) is 8.01. The molecule has 1 aliphatic heterocycles. The van der Waals surface area contributed by atoms with Crippen molar-refractivity contribution in [1.29, 1.82) is 0 Å². The smallest absolute Gasteiger partial charge is 0.0875 e. The maximum Gasteiger partial charge on any atom is 0.0875 e. The van der Waals surface area contributed by atoms with Crippen LogP contribution in [0.3, 0.4) is 0 Å². The summed E-state index contributed by atoms with van der Waals surface area (Å²) in [5.41, 5.74) is 0.912. The van der Waals surface area contributed by atoms with Gasteiger partial charge in [-0.1, -0.05) is 0 Å². The van der Waals surface area contributed by atoms with Crippen molar-refractivity contribution in [2.45, 2.75) is 44.3 Å². The number of hydrogen-bond donors (Lipinski definition) is 0. The molecule has 1 heteroatoms. The summed E-state index contributed by atoms with van der Waals surface area (Å²) >= 11 is 0. The fraction of sp³-hybridized carbons (Fsp3) is 1.00. The molecule has 17 heavy (non-hydrogen) atoms. The number of hydrogen-bond acceptors (Lipinski definition) is 1. The Labute approximate surface area is 102 Å². The van der Waals surface area contributed by atoms with Crippen LogP contribution in [0.25, 0.3) is 0 Å². The van der Waals surface area contributed by atoms with Gasteiger partial charge >= 0.3 is 0 Å². The molecule has 0 radical (unpaired) electrons. The molecule has 0 N–H and O–H groups in total. The maximum atomic E-state index is 5.94. The standard InChI is InChI=1S/C16H20O/c1-8-7-2-11-13(10-5-16(11)3-6(10)4-16)12(7)9(1)15-14(8)17-15/h6-15H,1-5H2. The average Bonchev–Trinajstić information content (AvgIpc) is 2.77. The molecule has 9 unspecified atom stereocenters. The Morgan fingerprint density at radius 3 is 2.59 bits per heavy atom. The highest BCUT2D eigenvalue weighted by Gasteiger charge is 2.78. The van der Waals surface area contributed by atoms with Gasteiger partial charge in [0.1, 0.15) is 0 Å². The summed E-state index contributed by atoms with van der Waals surface area (Å²) in [7, 11) is 0. The van der Waals surface area contributed by atoms with Gasteiger partial charge in [-0.25, -0.2) is 0 Å². The molecule has 7 saturated carbocycles. The van der Waals surface area contributed by atoms with Gasteiger partial charge in [0.25, 0.3) is 0 Å². The first-order valence-electron chi connectivity index (χ1n) is 8.01. The van der Waals surface area contributed by atoms with E-state index in [1.54, 1.807) is 32.1 Å². The highest BCUT2D eigenvalue weighted by Crippen LogP contribution is 2.83. The minimum Gasteiger partial charge on any atom is -0.369 e. The van der Waals surface area contributed by atoms with Crippen LogP contribution in [0.4, 0.5) is 0 Å². The quantitative estimate of drug-likeness (QED) is 0.581. The van der Waals surface area contributed by atoms with Crippen molar-refractivity contribution < 1.29 is 4.74 Å². The first-order chi connectivity index (χ1) is 8.36. The van der Waals surface area contributed by atoms with Crippen molar-refractivity contribution in [3.63, 3.8) is 0 Å². The van der Waals surface area contributed by atoms with Crippen LogP contribution in [0.2, 0.25) is 0 Å². The second-order valence-corrected chi connectivity index (χ2v) is 8.69. The van der Waals surface area contributed by atoms with Crippen LogP contribution in [-0.2, 0) is 4.74 Å². The van der Waals surface area contributed by atoms with Gasteiger partial charge in [-0.3, -0.25) is 0 Å². The topological polar surface area (TPSA) is 12.5 Å². The lowest BCUT2D eigenvalue weighted by molar-refractivity contribution is -0.0228. The Kier molecular flexibility index (Phi) is 0.978. The second-order valence-electron chi connectivity index (χ2n) is 8.69. The highest BCUT2D eigenvalue weighted by atomic mass is 16.6. The Hall–Kier alpha value is -0.0400. The third-order valence-electron chi connectivity index (χ3n) is 8.79. The van der Waals surface area contributed by atoms with Gasteiger partial charge in [-0.15, -0.1) is 0 Å². The van der Waals surface area contributed by atoms with E-state index in [1.165, 1.54) is 23.7 Å². The summed E-state index contributed by atoms with van der Waals surface area (Å²) in [4.78, 5) is 0. The molecule has 1 nitrogen and oxygen atoms in total. The van der Waals surface area contributed by atoms with Gasteiger partial charge < -0.3 is 4.74 Å². The van der Waals surface area contributed by atoms with Gasteiger partial charge in [-0.2, -0.15) is 0 Å². The molecule has 1 spiro atoms. The highest BCUT2D eigenvalue weighted by molar-refractivity contribution is 5.26. The summed E-state index contributed by atoms with van der Waals surface area (Å²) in [6, 6.07) is 0. The Bertz CT molecular complexity index is 446. The number of rotatable bonds is 0. The molecule has 0 aromatic heterocycles. The summed E-state index contributed by atoms with van der Waals surface area (Å²) in [6.07, 6.45) is 9.67. The van der Waals surface area contributed by atoms with E-state index in [1.807, 2.05) is 0 Å². The third kappa shape index (κ3) is 0.618. The van der Waals surface area contributed by atoms with Crippen LogP contribution in [0.1, 0.15) is 32.1 Å². The maximum absolute atomic E-state index is 5.94. The van der Waals surface area contributed by atoms with Crippen LogP contribution in [0, 0.1) is 52.8 Å². The van der Waals surface area contributed by atoms with Crippen LogP contribution in [0.5, 0.6) is 0 Å². The second kappa shape index (κ2) is 2.03. The molecular weight excluding hydrogens is 208 g/mol. The largest absolute Gasteiger partial charge is 0.369 e. The minimum absolute atomic E-state index is 0.755. The molecule has 9 atom stereocenters. The third-order valence-corrected chi connectivity index (χ3v) is 8.79. The zero-order valence-electron chi connectivity index (χ0n) is 10.2. The van der Waals surface area contributed by atoms with E-state index < -0.39 is 0 Å². The lowest BCUT2D eigenvalue weighted by Crippen LogP contribution is -2.44. The molecule has 7 aliphatic carbocycles. The van der Waals surface area contributed by atoms with Gasteiger partial charge in [0.15, 0.2) is 0 Å². The van der Waals surface area contributed by atoms with Gasteiger partial charge in [0, 0.05) is 0 Å². The van der Waals surface area contributed by atoms with Gasteiger partial charge in [-0.05, 0) is 84.9 Å². The SMILES string of the molecule is C1C2C3CC4C(C5CC46CC5C6)C3C1C1OC21. The molecule has 8 fully saturated rings. The summed E-state index contributed by atoms with van der Waals surface area (Å²) in [5.74, 6) is 9.06. The lowest BCUT2D eigenvalue weighted by Gasteiger charge is -2.51.